The van der Waals surface area contributed by atoms with Gasteiger partial charge >= 0.3 is 5.97 Å². The molecule has 0 aliphatic rings. The average Bonchev–Trinajstić information content (AvgIpc) is 3.16. The Morgan fingerprint density at radius 1 is 1.22 bits per heavy atom. The number of aryl methyl sites for hydroxylation is 1. The summed E-state index contributed by atoms with van der Waals surface area (Å²) in [7, 11) is 0. The van der Waals surface area contributed by atoms with Gasteiger partial charge in [0.05, 0.1) is 6.61 Å². The van der Waals surface area contributed by atoms with Crippen LogP contribution in [0.25, 0.3) is 5.57 Å². The molecule has 7 nitrogen and oxygen atoms in total. The van der Waals surface area contributed by atoms with Gasteiger partial charge in [0, 0.05) is 22.9 Å². The lowest BCUT2D eigenvalue weighted by Gasteiger charge is -2.14. The second kappa shape index (κ2) is 14.7. The van der Waals surface area contributed by atoms with Gasteiger partial charge in [0.15, 0.2) is 0 Å². The molecule has 196 valence electrons. The number of carboxylic acid groups (broad SMARTS) is 1. The third-order valence-corrected chi connectivity index (χ3v) is 6.78. The monoisotopic (exact) mass is 533 g/mol. The smallest absolute Gasteiger partial charge is 0.319 e. The zero-order chi connectivity index (χ0) is 27.5. The molecule has 0 fully saturated rings. The number of hydrogen-bond acceptors (Lipinski definition) is 5. The Labute approximate surface area is 223 Å². The van der Waals surface area contributed by atoms with Crippen LogP contribution < -0.4 is 5.32 Å². The van der Waals surface area contributed by atoms with Gasteiger partial charge in [-0.15, -0.1) is 11.8 Å². The van der Waals surface area contributed by atoms with E-state index in [1.165, 1.54) is 11.8 Å². The van der Waals surface area contributed by atoms with Gasteiger partial charge in [-0.1, -0.05) is 48.0 Å². The van der Waals surface area contributed by atoms with Crippen LogP contribution in [0.2, 0.25) is 5.02 Å². The van der Waals surface area contributed by atoms with Crippen molar-refractivity contribution in [3.8, 4) is 0 Å². The number of rotatable bonds is 9. The minimum absolute atomic E-state index is 0.0413. The quantitative estimate of drug-likeness (QED) is 0.334. The number of thioether (sulfide) groups is 1. The zero-order valence-electron chi connectivity index (χ0n) is 21.9. The van der Waals surface area contributed by atoms with E-state index < -0.39 is 10.7 Å². The fourth-order valence-corrected chi connectivity index (χ4v) is 3.22. The van der Waals surface area contributed by atoms with Crippen LogP contribution in [0.15, 0.2) is 48.6 Å². The molecule has 2 rings (SSSR count). The fourth-order valence-electron chi connectivity index (χ4n) is 2.87. The van der Waals surface area contributed by atoms with Crippen LogP contribution in [0.5, 0.6) is 0 Å². The average molecular weight is 534 g/mol. The molecule has 0 saturated carbocycles. The van der Waals surface area contributed by atoms with Crippen LogP contribution in [0, 0.1) is 13.8 Å². The van der Waals surface area contributed by atoms with Gasteiger partial charge in [0.25, 0.3) is 5.91 Å². The molecule has 2 aromatic rings. The van der Waals surface area contributed by atoms with Crippen molar-refractivity contribution >= 4 is 46.5 Å². The van der Waals surface area contributed by atoms with Crippen LogP contribution in [0.1, 0.15) is 55.3 Å². The third-order valence-electron chi connectivity index (χ3n) is 5.35. The second-order valence-corrected chi connectivity index (χ2v) is 10.3. The highest BCUT2D eigenvalue weighted by Crippen LogP contribution is 2.23. The van der Waals surface area contributed by atoms with Crippen LogP contribution in [0.4, 0.5) is 5.69 Å². The summed E-state index contributed by atoms with van der Waals surface area (Å²) >= 11 is 7.38. The third kappa shape index (κ3) is 9.00. The Morgan fingerprint density at radius 3 is 2.42 bits per heavy atom. The van der Waals surface area contributed by atoms with Gasteiger partial charge in [-0.2, -0.15) is 0 Å². The number of allylic oxidation sites excluding steroid dienone is 6. The molecule has 0 unspecified atom stereocenters. The predicted molar refractivity (Wildman–Crippen MR) is 151 cm³/mol. The Morgan fingerprint density at radius 2 is 1.89 bits per heavy atom. The predicted octanol–water partition coefficient (Wildman–Crippen LogP) is 6.15. The first-order valence-electron chi connectivity index (χ1n) is 11.4. The Kier molecular flexibility index (Phi) is 12.7. The molecule has 1 amide bonds. The first kappa shape index (κ1) is 31.2. The standard InChI is InChI=1S/C22H26ClN3O2.C5H10O2S/c1-5-6-7-8-9-16(3)21-25-20(17(4)26(21)12-13-27)22(28)24-19-14-18(23)11-10-15(19)2;1-5(2,8-3)4(6)7/h5-11,14,27H,12-13H2,1-4H3,(H,24,28);1-3H3,(H,6,7)/b6-5-,8-7-,16-9+;. The summed E-state index contributed by atoms with van der Waals surface area (Å²) < 4.78 is 1.23. The summed E-state index contributed by atoms with van der Waals surface area (Å²) in [6.45, 7) is 11.3. The Balaban J connectivity index is 0.000000697. The highest BCUT2D eigenvalue weighted by atomic mass is 35.5. The van der Waals surface area contributed by atoms with Gasteiger partial charge < -0.3 is 20.1 Å². The molecule has 0 bridgehead atoms. The van der Waals surface area contributed by atoms with Gasteiger partial charge in [0.1, 0.15) is 16.3 Å². The number of aromatic nitrogens is 2. The molecule has 0 atom stereocenters. The lowest BCUT2D eigenvalue weighted by Crippen LogP contribution is -2.26. The molecule has 1 heterocycles. The number of carbonyl (C=O) groups excluding carboxylic acids is 1. The van der Waals surface area contributed by atoms with Crippen molar-refractivity contribution in [3.05, 3.63) is 76.4 Å². The number of anilines is 1. The number of nitrogens with zero attached hydrogens (tertiary/aromatic N) is 2. The van der Waals surface area contributed by atoms with E-state index in [0.717, 1.165) is 11.1 Å². The minimum Gasteiger partial charge on any atom is -0.480 e. The van der Waals surface area contributed by atoms with E-state index in [-0.39, 0.29) is 12.5 Å². The summed E-state index contributed by atoms with van der Waals surface area (Å²) in [5.74, 6) is -0.410. The molecule has 0 saturated heterocycles. The molecular formula is C27H36ClN3O4S. The van der Waals surface area contributed by atoms with Gasteiger partial charge in [0.2, 0.25) is 0 Å². The number of benzene rings is 1. The first-order chi connectivity index (χ1) is 16.9. The van der Waals surface area contributed by atoms with Crippen molar-refractivity contribution in [2.24, 2.45) is 0 Å². The van der Waals surface area contributed by atoms with E-state index in [1.807, 2.05) is 68.7 Å². The number of aliphatic carboxylic acids is 1. The lowest BCUT2D eigenvalue weighted by molar-refractivity contribution is -0.138. The molecule has 1 aromatic heterocycles. The molecule has 0 aliphatic heterocycles. The number of hydrogen-bond donors (Lipinski definition) is 3. The summed E-state index contributed by atoms with van der Waals surface area (Å²) in [5.41, 5.74) is 3.49. The number of aliphatic hydroxyl groups is 1. The highest BCUT2D eigenvalue weighted by Gasteiger charge is 2.24. The molecule has 3 N–H and O–H groups in total. The number of imidazole rings is 1. The van der Waals surface area contributed by atoms with E-state index in [1.54, 1.807) is 32.2 Å². The Bertz CT molecular complexity index is 1150. The SMILES string of the molecule is CSC(C)(C)C(=O)O.C\C=C/C=C\C=C(/C)c1nc(C(=O)Nc2cc(Cl)ccc2C)c(C)n1CCO. The lowest BCUT2D eigenvalue weighted by atomic mass is 10.2. The maximum absolute atomic E-state index is 12.9. The minimum atomic E-state index is -0.759. The van der Waals surface area contributed by atoms with Crippen LogP contribution in [-0.2, 0) is 11.3 Å². The number of halogens is 1. The van der Waals surface area contributed by atoms with E-state index in [2.05, 4.69) is 10.3 Å². The molecule has 36 heavy (non-hydrogen) atoms. The first-order valence-corrected chi connectivity index (χ1v) is 13.0. The summed E-state index contributed by atoms with van der Waals surface area (Å²) in [6.07, 6.45) is 11.4. The molecule has 0 radical (unpaired) electrons. The molecule has 0 aliphatic carbocycles. The molecule has 1 aromatic carbocycles. The maximum atomic E-state index is 12.9. The number of amides is 1. The number of carbonyl (C=O) groups is 2. The normalized spacial score (nSPS) is 12.1. The summed E-state index contributed by atoms with van der Waals surface area (Å²) in [5, 5.41) is 21.3. The summed E-state index contributed by atoms with van der Waals surface area (Å²) in [4.78, 5) is 27.6. The highest BCUT2D eigenvalue weighted by molar-refractivity contribution is 8.00. The van der Waals surface area contributed by atoms with Crippen molar-refractivity contribution in [3.63, 3.8) is 0 Å². The largest absolute Gasteiger partial charge is 0.480 e. The fraction of sp³-hybridized carbons (Fsp3) is 0.370. The molecule has 0 spiro atoms. The van der Waals surface area contributed by atoms with Gasteiger partial charge in [-0.3, -0.25) is 9.59 Å². The van der Waals surface area contributed by atoms with E-state index in [4.69, 9.17) is 16.7 Å². The number of aliphatic hydroxyl groups excluding tert-OH is 1. The molecule has 9 heteroatoms. The molecular weight excluding hydrogens is 498 g/mol. The van der Waals surface area contributed by atoms with Gasteiger partial charge in [-0.05, 0) is 71.1 Å². The topological polar surface area (TPSA) is 104 Å². The van der Waals surface area contributed by atoms with Crippen LogP contribution >= 0.6 is 23.4 Å². The van der Waals surface area contributed by atoms with E-state index >= 15 is 0 Å². The number of nitrogens with one attached hydrogen (secondary N) is 1. The Hall–Kier alpha value is -2.81. The van der Waals surface area contributed by atoms with E-state index in [9.17, 15) is 14.7 Å². The zero-order valence-corrected chi connectivity index (χ0v) is 23.5. The second-order valence-electron chi connectivity index (χ2n) is 8.44. The summed E-state index contributed by atoms with van der Waals surface area (Å²) in [6, 6.07) is 5.35. The van der Waals surface area contributed by atoms with Gasteiger partial charge in [-0.25, -0.2) is 4.98 Å². The van der Waals surface area contributed by atoms with Crippen molar-refractivity contribution in [1.82, 2.24) is 9.55 Å². The van der Waals surface area contributed by atoms with Crippen LogP contribution in [0.3, 0.4) is 0 Å². The maximum Gasteiger partial charge on any atom is 0.319 e. The van der Waals surface area contributed by atoms with Crippen molar-refractivity contribution < 1.29 is 19.8 Å². The van der Waals surface area contributed by atoms with Crippen molar-refractivity contribution in [2.75, 3.05) is 18.2 Å². The number of carboxylic acids is 1. The van der Waals surface area contributed by atoms with Crippen LogP contribution in [-0.4, -0.2) is 49.3 Å². The van der Waals surface area contributed by atoms with Crippen molar-refractivity contribution in [1.29, 1.82) is 0 Å². The van der Waals surface area contributed by atoms with Crippen molar-refractivity contribution in [2.45, 2.75) is 52.8 Å². The van der Waals surface area contributed by atoms with E-state index in [0.29, 0.717) is 34.5 Å².